The maximum absolute atomic E-state index is 12.2. The predicted octanol–water partition coefficient (Wildman–Crippen LogP) is 6.39. The molecule has 1 heterocycles. The summed E-state index contributed by atoms with van der Waals surface area (Å²) in [5.41, 5.74) is 3.67. The molecule has 0 bridgehead atoms. The molecule has 4 rings (SSSR count). The van der Waals surface area contributed by atoms with Gasteiger partial charge in [0.2, 0.25) is 0 Å². The number of carbonyl (C=O) groups excluding carboxylic acids is 1. The zero-order chi connectivity index (χ0) is 23.4. The number of halogens is 2. The first-order valence-corrected chi connectivity index (χ1v) is 12.0. The molecule has 0 atom stereocenters. The number of aromatic nitrogens is 1. The molecule has 0 aliphatic heterocycles. The molecule has 9 heteroatoms. The van der Waals surface area contributed by atoms with Crippen molar-refractivity contribution in [2.24, 2.45) is 0 Å². The van der Waals surface area contributed by atoms with Crippen molar-refractivity contribution in [3.05, 3.63) is 86.8 Å². The van der Waals surface area contributed by atoms with Crippen molar-refractivity contribution in [2.45, 2.75) is 13.3 Å². The molecule has 33 heavy (non-hydrogen) atoms. The average Bonchev–Trinajstić information content (AvgIpc) is 3.16. The lowest BCUT2D eigenvalue weighted by molar-refractivity contribution is -0.121. The highest BCUT2D eigenvalue weighted by molar-refractivity contribution is 7.80. The molecule has 0 aliphatic carbocycles. The molecule has 0 fully saturated rings. The zero-order valence-electron chi connectivity index (χ0n) is 17.5. The van der Waals surface area contributed by atoms with Crippen LogP contribution in [0.2, 0.25) is 10.0 Å². The van der Waals surface area contributed by atoms with E-state index >= 15 is 0 Å². The molecule has 4 aromatic rings. The van der Waals surface area contributed by atoms with Gasteiger partial charge in [0.05, 0.1) is 20.2 Å². The summed E-state index contributed by atoms with van der Waals surface area (Å²) < 4.78 is 6.72. The number of nitrogens with zero attached hydrogens (tertiary/aromatic N) is 1. The van der Waals surface area contributed by atoms with Crippen LogP contribution in [0.3, 0.4) is 0 Å². The van der Waals surface area contributed by atoms with Gasteiger partial charge in [0, 0.05) is 17.1 Å². The van der Waals surface area contributed by atoms with E-state index in [0.717, 1.165) is 33.8 Å². The molecule has 168 valence electrons. The van der Waals surface area contributed by atoms with Crippen molar-refractivity contribution in [2.75, 3.05) is 11.9 Å². The lowest BCUT2D eigenvalue weighted by atomic mass is 10.1. The van der Waals surface area contributed by atoms with Gasteiger partial charge in [-0.2, -0.15) is 0 Å². The van der Waals surface area contributed by atoms with Crippen molar-refractivity contribution >= 4 is 73.7 Å². The number of aryl methyl sites for hydroxylation is 1. The highest BCUT2D eigenvalue weighted by atomic mass is 35.5. The first-order valence-electron chi connectivity index (χ1n) is 10.00. The van der Waals surface area contributed by atoms with Gasteiger partial charge in [0.25, 0.3) is 5.91 Å². The number of carbonyl (C=O) groups is 1. The molecule has 0 spiro atoms. The molecule has 0 saturated heterocycles. The molecule has 0 saturated carbocycles. The van der Waals surface area contributed by atoms with E-state index in [2.05, 4.69) is 21.7 Å². The third kappa shape index (κ3) is 6.21. The smallest absolute Gasteiger partial charge is 0.264 e. The first-order chi connectivity index (χ1) is 15.9. The van der Waals surface area contributed by atoms with E-state index < -0.39 is 5.91 Å². The normalized spacial score (nSPS) is 10.8. The minimum Gasteiger partial charge on any atom is -0.482 e. The molecule has 0 unspecified atom stereocenters. The number of fused-ring (bicyclic) bond motifs is 1. The number of anilines is 1. The maximum Gasteiger partial charge on any atom is 0.264 e. The molecule has 1 aromatic heterocycles. The first kappa shape index (κ1) is 23.4. The quantitative estimate of drug-likeness (QED) is 0.291. The third-order valence-electron chi connectivity index (χ3n) is 4.70. The third-order valence-corrected chi connectivity index (χ3v) is 6.44. The lowest BCUT2D eigenvalue weighted by Gasteiger charge is -2.13. The molecule has 0 aliphatic rings. The molecule has 1 amide bonds. The van der Waals surface area contributed by atoms with E-state index in [1.165, 1.54) is 4.70 Å². The number of rotatable bonds is 6. The Balaban J connectivity index is 1.28. The summed E-state index contributed by atoms with van der Waals surface area (Å²) in [6.45, 7) is 1.57. The molecule has 3 aromatic carbocycles. The Hall–Kier alpha value is -2.71. The van der Waals surface area contributed by atoms with E-state index in [0.29, 0.717) is 15.8 Å². The van der Waals surface area contributed by atoms with Crippen molar-refractivity contribution in [1.82, 2.24) is 10.3 Å². The van der Waals surface area contributed by atoms with Gasteiger partial charge in [-0.05, 0) is 66.7 Å². The van der Waals surface area contributed by atoms with E-state index in [4.69, 9.17) is 40.2 Å². The summed E-state index contributed by atoms with van der Waals surface area (Å²) >= 11 is 19.0. The molecule has 5 nitrogen and oxygen atoms in total. The Morgan fingerprint density at radius 3 is 2.61 bits per heavy atom. The minimum absolute atomic E-state index is 0.182. The van der Waals surface area contributed by atoms with E-state index in [1.807, 2.05) is 42.5 Å². The maximum atomic E-state index is 12.2. The van der Waals surface area contributed by atoms with Crippen molar-refractivity contribution < 1.29 is 9.53 Å². The van der Waals surface area contributed by atoms with Crippen molar-refractivity contribution in [1.29, 1.82) is 0 Å². The number of thiocarbonyl (C=S) groups is 1. The Bertz CT molecular complexity index is 1270. The van der Waals surface area contributed by atoms with E-state index in [9.17, 15) is 4.79 Å². The average molecular weight is 516 g/mol. The van der Waals surface area contributed by atoms with E-state index in [-0.39, 0.29) is 11.7 Å². The summed E-state index contributed by atoms with van der Waals surface area (Å²) in [6, 6.07) is 19.2. The van der Waals surface area contributed by atoms with Crippen LogP contribution >= 0.6 is 46.8 Å². The second-order valence-corrected chi connectivity index (χ2v) is 9.64. The van der Waals surface area contributed by atoms with Crippen LogP contribution in [0.15, 0.2) is 60.7 Å². The Labute approximate surface area is 210 Å². The second kappa shape index (κ2) is 10.5. The number of para-hydroxylation sites is 1. The summed E-state index contributed by atoms with van der Waals surface area (Å²) in [7, 11) is 0. The summed E-state index contributed by atoms with van der Waals surface area (Å²) in [5.74, 6) is 0.0178. The van der Waals surface area contributed by atoms with Crippen LogP contribution in [-0.4, -0.2) is 22.6 Å². The fourth-order valence-electron chi connectivity index (χ4n) is 3.21. The number of thiazole rings is 1. The topological polar surface area (TPSA) is 63.2 Å². The number of ether oxygens (including phenoxy) is 1. The van der Waals surface area contributed by atoms with E-state index in [1.54, 1.807) is 30.4 Å². The SMILES string of the molecule is Cc1cc(Cl)cc(Cl)c1OCC(=O)NC(=S)Nc1ccc(Cc2nc3ccccc3s2)cc1. The monoisotopic (exact) mass is 515 g/mol. The second-order valence-electron chi connectivity index (χ2n) is 7.27. The van der Waals surface area contributed by atoms with Gasteiger partial charge in [-0.25, -0.2) is 4.98 Å². The van der Waals surface area contributed by atoms with Gasteiger partial charge < -0.3 is 10.1 Å². The molecule has 0 radical (unpaired) electrons. The van der Waals surface area contributed by atoms with Gasteiger partial charge in [-0.15, -0.1) is 11.3 Å². The Morgan fingerprint density at radius 1 is 1.12 bits per heavy atom. The van der Waals surface area contributed by atoms with Gasteiger partial charge in [-0.3, -0.25) is 10.1 Å². The van der Waals surface area contributed by atoms with Crippen LogP contribution in [0.25, 0.3) is 10.2 Å². The van der Waals surface area contributed by atoms with Gasteiger partial charge in [-0.1, -0.05) is 47.5 Å². The number of hydrogen-bond acceptors (Lipinski definition) is 5. The Kier molecular flexibility index (Phi) is 7.45. The van der Waals surface area contributed by atoms with Crippen LogP contribution in [-0.2, 0) is 11.2 Å². The number of nitrogens with one attached hydrogen (secondary N) is 2. The fourth-order valence-corrected chi connectivity index (χ4v) is 5.09. The van der Waals surface area contributed by atoms with Gasteiger partial charge >= 0.3 is 0 Å². The zero-order valence-corrected chi connectivity index (χ0v) is 20.7. The lowest BCUT2D eigenvalue weighted by Crippen LogP contribution is -2.37. The highest BCUT2D eigenvalue weighted by Crippen LogP contribution is 2.31. The highest BCUT2D eigenvalue weighted by Gasteiger charge is 2.11. The molecular weight excluding hydrogens is 497 g/mol. The number of amides is 1. The number of benzene rings is 3. The standard InChI is InChI=1S/C24H19Cl2N3O2S2/c1-14-10-16(25)12-18(26)23(14)31-13-21(30)29-24(32)27-17-8-6-15(7-9-17)11-22-28-19-4-2-3-5-20(19)33-22/h2-10,12H,11,13H2,1H3,(H2,27,29,30,32). The van der Waals surface area contributed by atoms with Crippen LogP contribution in [0.4, 0.5) is 5.69 Å². The minimum atomic E-state index is -0.398. The van der Waals surface area contributed by atoms with Gasteiger partial charge in [0.15, 0.2) is 11.7 Å². The molecular formula is C24H19Cl2N3O2S2. The predicted molar refractivity (Wildman–Crippen MR) is 140 cm³/mol. The van der Waals surface area contributed by atoms with Crippen molar-refractivity contribution in [3.63, 3.8) is 0 Å². The van der Waals surface area contributed by atoms with Crippen LogP contribution in [0, 0.1) is 6.92 Å². The molecule has 2 N–H and O–H groups in total. The van der Waals surface area contributed by atoms with Gasteiger partial charge in [0.1, 0.15) is 5.75 Å². The van der Waals surface area contributed by atoms with Crippen LogP contribution in [0.1, 0.15) is 16.1 Å². The van der Waals surface area contributed by atoms with Crippen molar-refractivity contribution in [3.8, 4) is 5.75 Å². The summed E-state index contributed by atoms with van der Waals surface area (Å²) in [4.78, 5) is 16.9. The Morgan fingerprint density at radius 2 is 1.88 bits per heavy atom. The fraction of sp³-hybridized carbons (Fsp3) is 0.125. The van der Waals surface area contributed by atoms with Crippen LogP contribution < -0.4 is 15.4 Å². The van der Waals surface area contributed by atoms with Crippen LogP contribution in [0.5, 0.6) is 5.75 Å². The number of hydrogen-bond donors (Lipinski definition) is 2. The largest absolute Gasteiger partial charge is 0.482 e. The summed E-state index contributed by atoms with van der Waals surface area (Å²) in [6.07, 6.45) is 0.755. The summed E-state index contributed by atoms with van der Waals surface area (Å²) in [5, 5.41) is 7.70.